The predicted molar refractivity (Wildman–Crippen MR) is 85.3 cm³/mol. The van der Waals surface area contributed by atoms with E-state index in [0.29, 0.717) is 6.54 Å². The van der Waals surface area contributed by atoms with Crippen LogP contribution in [-0.4, -0.2) is 34.9 Å². The largest absolute Gasteiger partial charge is 0.503 e. The molecule has 0 unspecified atom stereocenters. The van der Waals surface area contributed by atoms with Gasteiger partial charge in [-0.25, -0.2) is 0 Å². The molecule has 5 nitrogen and oxygen atoms in total. The van der Waals surface area contributed by atoms with Gasteiger partial charge in [-0.2, -0.15) is 0 Å². The molecule has 116 valence electrons. The average Bonchev–Trinajstić information content (AvgIpc) is 3.01. The number of aliphatic hydroxyl groups is 1. The highest BCUT2D eigenvalue weighted by molar-refractivity contribution is 9.10. The minimum Gasteiger partial charge on any atom is -0.503 e. The second kappa shape index (κ2) is 5.76. The van der Waals surface area contributed by atoms with Crippen molar-refractivity contribution >= 4 is 27.7 Å². The summed E-state index contributed by atoms with van der Waals surface area (Å²) in [5, 5.41) is 12.8. The van der Waals surface area contributed by atoms with E-state index in [4.69, 9.17) is 0 Å². The van der Waals surface area contributed by atoms with Crippen molar-refractivity contribution in [3.8, 4) is 0 Å². The summed E-state index contributed by atoms with van der Waals surface area (Å²) in [5.74, 6) is -1.25. The predicted octanol–water partition coefficient (Wildman–Crippen LogP) is 2.23. The molecular weight excluding hydrogens is 348 g/mol. The second-order valence-corrected chi connectivity index (χ2v) is 6.47. The minimum atomic E-state index is -0.469. The van der Waals surface area contributed by atoms with Gasteiger partial charge in [0.1, 0.15) is 0 Å². The fourth-order valence-electron chi connectivity index (χ4n) is 3.03. The van der Waals surface area contributed by atoms with Crippen molar-refractivity contribution in [3.63, 3.8) is 0 Å². The summed E-state index contributed by atoms with van der Waals surface area (Å²) in [6, 6.07) is 5.96. The van der Waals surface area contributed by atoms with E-state index in [1.54, 1.807) is 0 Å². The lowest BCUT2D eigenvalue weighted by Crippen LogP contribution is -2.31. The van der Waals surface area contributed by atoms with Crippen molar-refractivity contribution in [1.82, 2.24) is 10.2 Å². The Kier molecular flexibility index (Phi) is 3.95. The molecule has 22 heavy (non-hydrogen) atoms. The molecule has 3 rings (SSSR count). The number of aliphatic hydroxyl groups excluding tert-OH is 1. The Morgan fingerprint density at radius 3 is 2.95 bits per heavy atom. The van der Waals surface area contributed by atoms with E-state index in [9.17, 15) is 14.7 Å². The number of carbonyl (C=O) groups is 2. The Hall–Kier alpha value is -1.82. The highest BCUT2D eigenvalue weighted by atomic mass is 79.9. The molecule has 1 atom stereocenters. The summed E-state index contributed by atoms with van der Waals surface area (Å²) in [5.41, 5.74) is 2.49. The number of nitrogens with zero attached hydrogens (tertiary/aromatic N) is 1. The smallest absolute Gasteiger partial charge is 0.289 e. The standard InChI is InChI=1S/C16H17BrN2O3/c1-2-19-8-12(14(20)16(19)22)15(21)18-13-6-3-9-7-10(17)4-5-11(9)13/h4-5,7,13,20H,2-3,6,8H2,1H3,(H,18,21)/t13-/m1/s1. The van der Waals surface area contributed by atoms with E-state index in [2.05, 4.69) is 27.3 Å². The maximum absolute atomic E-state index is 12.4. The first-order valence-electron chi connectivity index (χ1n) is 7.31. The molecule has 0 aromatic heterocycles. The van der Waals surface area contributed by atoms with Gasteiger partial charge in [0.05, 0.1) is 18.2 Å². The van der Waals surface area contributed by atoms with Crippen LogP contribution in [0, 0.1) is 0 Å². The molecule has 1 aromatic carbocycles. The maximum atomic E-state index is 12.4. The van der Waals surface area contributed by atoms with Crippen molar-refractivity contribution in [2.24, 2.45) is 0 Å². The first kappa shape index (κ1) is 15.1. The molecule has 1 aliphatic heterocycles. The number of rotatable bonds is 3. The first-order valence-corrected chi connectivity index (χ1v) is 8.11. The summed E-state index contributed by atoms with van der Waals surface area (Å²) in [6.07, 6.45) is 1.74. The number of amides is 2. The molecule has 6 heteroatoms. The lowest BCUT2D eigenvalue weighted by atomic mass is 10.1. The van der Waals surface area contributed by atoms with Crippen LogP contribution in [0.15, 0.2) is 34.0 Å². The monoisotopic (exact) mass is 364 g/mol. The minimum absolute atomic E-state index is 0.0679. The molecule has 0 fully saturated rings. The summed E-state index contributed by atoms with van der Waals surface area (Å²) >= 11 is 3.45. The quantitative estimate of drug-likeness (QED) is 0.863. The Balaban J connectivity index is 1.76. The molecule has 0 saturated carbocycles. The molecule has 0 spiro atoms. The molecule has 1 aromatic rings. The van der Waals surface area contributed by atoms with E-state index in [1.165, 1.54) is 10.5 Å². The number of halogens is 1. The Labute approximate surface area is 137 Å². The maximum Gasteiger partial charge on any atom is 0.289 e. The lowest BCUT2D eigenvalue weighted by molar-refractivity contribution is -0.127. The molecule has 1 heterocycles. The van der Waals surface area contributed by atoms with Gasteiger partial charge in [-0.1, -0.05) is 22.0 Å². The molecule has 2 aliphatic rings. The van der Waals surface area contributed by atoms with Crippen LogP contribution in [0.5, 0.6) is 0 Å². The third-order valence-corrected chi connectivity index (χ3v) is 4.76. The fraction of sp³-hybridized carbons (Fsp3) is 0.375. The van der Waals surface area contributed by atoms with E-state index < -0.39 is 11.7 Å². The van der Waals surface area contributed by atoms with Crippen molar-refractivity contribution in [1.29, 1.82) is 0 Å². The SMILES string of the molecule is CCN1CC(C(=O)N[C@@H]2CCc3cc(Br)ccc32)=C(O)C1=O. The number of hydrogen-bond donors (Lipinski definition) is 2. The number of aryl methyl sites for hydroxylation is 1. The lowest BCUT2D eigenvalue weighted by Gasteiger charge is -2.16. The topological polar surface area (TPSA) is 69.6 Å². The van der Waals surface area contributed by atoms with E-state index in [1.807, 2.05) is 19.1 Å². The number of carbonyl (C=O) groups excluding carboxylic acids is 2. The van der Waals surface area contributed by atoms with Crippen LogP contribution < -0.4 is 5.32 Å². The Morgan fingerprint density at radius 2 is 2.27 bits per heavy atom. The summed E-state index contributed by atoms with van der Waals surface area (Å²) in [7, 11) is 0. The normalized spacial score (nSPS) is 20.5. The van der Waals surface area contributed by atoms with Crippen LogP contribution >= 0.6 is 15.9 Å². The Bertz CT molecular complexity index is 684. The fourth-order valence-corrected chi connectivity index (χ4v) is 3.44. The summed E-state index contributed by atoms with van der Waals surface area (Å²) in [6.45, 7) is 2.46. The highest BCUT2D eigenvalue weighted by Crippen LogP contribution is 2.33. The number of likely N-dealkylation sites (N-methyl/N-ethyl adjacent to an activating group) is 1. The average molecular weight is 365 g/mol. The van der Waals surface area contributed by atoms with Crippen molar-refractivity contribution in [2.45, 2.75) is 25.8 Å². The molecule has 2 N–H and O–H groups in total. The van der Waals surface area contributed by atoms with Crippen LogP contribution in [0.1, 0.15) is 30.5 Å². The van der Waals surface area contributed by atoms with Crippen LogP contribution in [0.25, 0.3) is 0 Å². The van der Waals surface area contributed by atoms with Gasteiger partial charge in [0, 0.05) is 11.0 Å². The molecule has 0 radical (unpaired) electrons. The van der Waals surface area contributed by atoms with Gasteiger partial charge >= 0.3 is 0 Å². The van der Waals surface area contributed by atoms with Crippen molar-refractivity contribution in [3.05, 3.63) is 45.1 Å². The third kappa shape index (κ3) is 2.52. The third-order valence-electron chi connectivity index (χ3n) is 4.27. The van der Waals surface area contributed by atoms with E-state index >= 15 is 0 Å². The second-order valence-electron chi connectivity index (χ2n) is 5.55. The van der Waals surface area contributed by atoms with Crippen LogP contribution in [-0.2, 0) is 16.0 Å². The molecule has 1 aliphatic carbocycles. The van der Waals surface area contributed by atoms with Gasteiger partial charge < -0.3 is 15.3 Å². The number of nitrogens with one attached hydrogen (secondary N) is 1. The zero-order chi connectivity index (χ0) is 15.9. The van der Waals surface area contributed by atoms with Crippen LogP contribution in [0.4, 0.5) is 0 Å². The van der Waals surface area contributed by atoms with Gasteiger partial charge in [-0.3, -0.25) is 9.59 Å². The van der Waals surface area contributed by atoms with Gasteiger partial charge in [0.15, 0.2) is 5.76 Å². The van der Waals surface area contributed by atoms with Crippen molar-refractivity contribution < 1.29 is 14.7 Å². The number of benzene rings is 1. The Morgan fingerprint density at radius 1 is 1.50 bits per heavy atom. The van der Waals surface area contributed by atoms with Crippen LogP contribution in [0.2, 0.25) is 0 Å². The first-order chi connectivity index (χ1) is 10.5. The number of fused-ring (bicyclic) bond motifs is 1. The highest BCUT2D eigenvalue weighted by Gasteiger charge is 2.34. The summed E-state index contributed by atoms with van der Waals surface area (Å²) in [4.78, 5) is 25.6. The van der Waals surface area contributed by atoms with Gasteiger partial charge in [0.25, 0.3) is 11.8 Å². The van der Waals surface area contributed by atoms with Crippen LogP contribution in [0.3, 0.4) is 0 Å². The van der Waals surface area contributed by atoms with Gasteiger partial charge in [-0.15, -0.1) is 0 Å². The van der Waals surface area contributed by atoms with Gasteiger partial charge in [-0.05, 0) is 43.0 Å². The molecule has 0 bridgehead atoms. The summed E-state index contributed by atoms with van der Waals surface area (Å²) < 4.78 is 1.03. The molecule has 2 amide bonds. The van der Waals surface area contributed by atoms with E-state index in [-0.39, 0.29) is 24.1 Å². The van der Waals surface area contributed by atoms with Gasteiger partial charge in [0.2, 0.25) is 0 Å². The van der Waals surface area contributed by atoms with Crippen molar-refractivity contribution in [2.75, 3.05) is 13.1 Å². The zero-order valence-corrected chi connectivity index (χ0v) is 13.8. The molecular formula is C16H17BrN2O3. The van der Waals surface area contributed by atoms with E-state index in [0.717, 1.165) is 22.9 Å². The zero-order valence-electron chi connectivity index (χ0n) is 12.2. The number of hydrogen-bond acceptors (Lipinski definition) is 3. The molecule has 0 saturated heterocycles.